The van der Waals surface area contributed by atoms with Gasteiger partial charge >= 0.3 is 0 Å². The van der Waals surface area contributed by atoms with Crippen LogP contribution in [-0.4, -0.2) is 17.6 Å². The highest BCUT2D eigenvalue weighted by molar-refractivity contribution is 5.99. The lowest BCUT2D eigenvalue weighted by molar-refractivity contribution is 0.0890. The lowest BCUT2D eigenvalue weighted by Gasteiger charge is -2.13. The molecule has 0 radical (unpaired) electrons. The number of furan rings is 1. The number of benzene rings is 2. The Morgan fingerprint density at radius 1 is 1.08 bits per heavy atom. The quantitative estimate of drug-likeness (QED) is 0.704. The molecule has 1 amide bonds. The Morgan fingerprint density at radius 3 is 2.38 bits per heavy atom. The van der Waals surface area contributed by atoms with Crippen molar-refractivity contribution in [1.29, 1.82) is 0 Å². The van der Waals surface area contributed by atoms with Crippen LogP contribution >= 0.6 is 0 Å². The van der Waals surface area contributed by atoms with Crippen molar-refractivity contribution in [3.63, 3.8) is 0 Å². The van der Waals surface area contributed by atoms with Crippen LogP contribution in [0.5, 0.6) is 0 Å². The Balaban J connectivity index is 1.69. The van der Waals surface area contributed by atoms with E-state index >= 15 is 0 Å². The Kier molecular flexibility index (Phi) is 5.14. The number of aliphatic hydroxyl groups excluding tert-OH is 1. The minimum Gasteiger partial charge on any atom is -0.451 e. The first-order chi connectivity index (χ1) is 12.4. The van der Waals surface area contributed by atoms with Crippen LogP contribution in [0.25, 0.3) is 11.0 Å². The fourth-order valence-electron chi connectivity index (χ4n) is 3.04. The SMILES string of the molecule is Cc1ccc2c(C)c(C(=O)NCC(O)c3ccc(C(C)C)cc3)oc2c1. The summed E-state index contributed by atoms with van der Waals surface area (Å²) in [6.07, 6.45) is -0.757. The molecule has 0 saturated carbocycles. The second-order valence-corrected chi connectivity index (χ2v) is 7.10. The molecule has 1 heterocycles. The number of carbonyl (C=O) groups excluding carboxylic acids is 1. The van der Waals surface area contributed by atoms with Crippen LogP contribution in [0.3, 0.4) is 0 Å². The lowest BCUT2D eigenvalue weighted by atomic mass is 10.00. The maximum absolute atomic E-state index is 12.5. The van der Waals surface area contributed by atoms with Crippen molar-refractivity contribution in [2.24, 2.45) is 0 Å². The average Bonchev–Trinajstić information content (AvgIpc) is 2.95. The third kappa shape index (κ3) is 3.65. The number of aliphatic hydroxyl groups is 1. The fraction of sp³-hybridized carbons (Fsp3) is 0.318. The molecule has 1 aromatic heterocycles. The van der Waals surface area contributed by atoms with Gasteiger partial charge in [-0.3, -0.25) is 4.79 Å². The highest BCUT2D eigenvalue weighted by Crippen LogP contribution is 2.26. The fourth-order valence-corrected chi connectivity index (χ4v) is 3.04. The van der Waals surface area contributed by atoms with Gasteiger partial charge in [0.1, 0.15) is 5.58 Å². The molecule has 0 saturated heterocycles. The summed E-state index contributed by atoms with van der Waals surface area (Å²) in [5.74, 6) is 0.433. The molecule has 0 spiro atoms. The molecular weight excluding hydrogens is 326 g/mol. The summed E-state index contributed by atoms with van der Waals surface area (Å²) >= 11 is 0. The summed E-state index contributed by atoms with van der Waals surface area (Å²) in [6.45, 7) is 8.25. The van der Waals surface area contributed by atoms with Gasteiger partial charge in [0, 0.05) is 17.5 Å². The highest BCUT2D eigenvalue weighted by Gasteiger charge is 2.19. The Morgan fingerprint density at radius 2 is 1.73 bits per heavy atom. The summed E-state index contributed by atoms with van der Waals surface area (Å²) in [5.41, 5.74) is 4.61. The summed E-state index contributed by atoms with van der Waals surface area (Å²) < 4.78 is 5.73. The predicted molar refractivity (Wildman–Crippen MR) is 104 cm³/mol. The monoisotopic (exact) mass is 351 g/mol. The van der Waals surface area contributed by atoms with Crippen molar-refractivity contribution < 1.29 is 14.3 Å². The first-order valence-electron chi connectivity index (χ1n) is 8.92. The first-order valence-corrected chi connectivity index (χ1v) is 8.92. The maximum Gasteiger partial charge on any atom is 0.287 e. The van der Waals surface area contributed by atoms with Crippen molar-refractivity contribution in [3.8, 4) is 0 Å². The number of carbonyl (C=O) groups is 1. The number of amides is 1. The molecule has 0 fully saturated rings. The van der Waals surface area contributed by atoms with Crippen molar-refractivity contribution >= 4 is 16.9 Å². The smallest absolute Gasteiger partial charge is 0.287 e. The van der Waals surface area contributed by atoms with Crippen LogP contribution in [0, 0.1) is 13.8 Å². The van der Waals surface area contributed by atoms with Gasteiger partial charge in [-0.25, -0.2) is 0 Å². The van der Waals surface area contributed by atoms with Gasteiger partial charge in [0.15, 0.2) is 5.76 Å². The van der Waals surface area contributed by atoms with Crippen molar-refractivity contribution in [3.05, 3.63) is 70.5 Å². The highest BCUT2D eigenvalue weighted by atomic mass is 16.3. The summed E-state index contributed by atoms with van der Waals surface area (Å²) in [7, 11) is 0. The molecule has 0 aliphatic heterocycles. The molecule has 3 aromatic rings. The van der Waals surface area contributed by atoms with Crippen LogP contribution in [0.15, 0.2) is 46.9 Å². The number of fused-ring (bicyclic) bond motifs is 1. The van der Waals surface area contributed by atoms with Gasteiger partial charge in [-0.05, 0) is 42.5 Å². The van der Waals surface area contributed by atoms with Crippen molar-refractivity contribution in [2.75, 3.05) is 6.54 Å². The van der Waals surface area contributed by atoms with E-state index in [-0.39, 0.29) is 12.5 Å². The topological polar surface area (TPSA) is 62.5 Å². The summed E-state index contributed by atoms with van der Waals surface area (Å²) in [5, 5.41) is 14.0. The molecule has 0 bridgehead atoms. The number of hydrogen-bond donors (Lipinski definition) is 2. The van der Waals surface area contributed by atoms with E-state index < -0.39 is 6.10 Å². The zero-order chi connectivity index (χ0) is 18.8. The van der Waals surface area contributed by atoms with E-state index in [0.29, 0.717) is 17.3 Å². The molecule has 1 atom stereocenters. The second kappa shape index (κ2) is 7.34. The van der Waals surface area contributed by atoms with E-state index in [1.54, 1.807) is 0 Å². The van der Waals surface area contributed by atoms with Crippen LogP contribution in [0.2, 0.25) is 0 Å². The largest absolute Gasteiger partial charge is 0.451 e. The molecule has 26 heavy (non-hydrogen) atoms. The molecule has 0 aliphatic carbocycles. The van der Waals surface area contributed by atoms with E-state index in [2.05, 4.69) is 19.2 Å². The molecule has 3 rings (SSSR count). The van der Waals surface area contributed by atoms with Gasteiger partial charge in [-0.1, -0.05) is 50.2 Å². The molecule has 1 unspecified atom stereocenters. The zero-order valence-corrected chi connectivity index (χ0v) is 15.7. The standard InChI is InChI=1S/C22H25NO3/c1-13(2)16-6-8-17(9-7-16)19(24)12-23-22(25)21-15(4)18-10-5-14(3)11-20(18)26-21/h5-11,13,19,24H,12H2,1-4H3,(H,23,25). The second-order valence-electron chi connectivity index (χ2n) is 7.10. The molecule has 2 aromatic carbocycles. The Labute approximate surface area is 153 Å². The number of rotatable bonds is 5. The molecule has 4 nitrogen and oxygen atoms in total. The van der Waals surface area contributed by atoms with Crippen LogP contribution in [0.1, 0.15) is 58.7 Å². The van der Waals surface area contributed by atoms with Gasteiger partial charge in [-0.15, -0.1) is 0 Å². The van der Waals surface area contributed by atoms with Crippen LogP contribution in [0.4, 0.5) is 0 Å². The molecule has 4 heteroatoms. The van der Waals surface area contributed by atoms with E-state index in [1.807, 2.05) is 56.3 Å². The van der Waals surface area contributed by atoms with Gasteiger partial charge in [0.05, 0.1) is 6.10 Å². The number of nitrogens with one attached hydrogen (secondary N) is 1. The lowest BCUT2D eigenvalue weighted by Crippen LogP contribution is -2.28. The Bertz CT molecular complexity index is 922. The van der Waals surface area contributed by atoms with E-state index in [0.717, 1.165) is 22.1 Å². The Hall–Kier alpha value is -2.59. The van der Waals surface area contributed by atoms with Crippen molar-refractivity contribution in [2.45, 2.75) is 39.7 Å². The first kappa shape index (κ1) is 18.2. The predicted octanol–water partition coefficient (Wildman–Crippen LogP) is 4.64. The zero-order valence-electron chi connectivity index (χ0n) is 15.7. The van der Waals surface area contributed by atoms with Gasteiger partial charge in [0.2, 0.25) is 0 Å². The van der Waals surface area contributed by atoms with E-state index in [4.69, 9.17) is 4.42 Å². The van der Waals surface area contributed by atoms with Gasteiger partial charge in [0.25, 0.3) is 5.91 Å². The number of hydrogen-bond acceptors (Lipinski definition) is 3. The van der Waals surface area contributed by atoms with Crippen LogP contribution in [-0.2, 0) is 0 Å². The molecule has 0 aliphatic rings. The minimum absolute atomic E-state index is 0.134. The molecular formula is C22H25NO3. The van der Waals surface area contributed by atoms with E-state index in [1.165, 1.54) is 5.56 Å². The normalized spacial score (nSPS) is 12.5. The molecule has 136 valence electrons. The van der Waals surface area contributed by atoms with Crippen molar-refractivity contribution in [1.82, 2.24) is 5.32 Å². The third-order valence-electron chi connectivity index (χ3n) is 4.74. The van der Waals surface area contributed by atoms with Gasteiger partial charge < -0.3 is 14.8 Å². The summed E-state index contributed by atoms with van der Waals surface area (Å²) in [6, 6.07) is 13.7. The van der Waals surface area contributed by atoms with Crippen LogP contribution < -0.4 is 5.32 Å². The number of aryl methyl sites for hydroxylation is 2. The maximum atomic E-state index is 12.5. The third-order valence-corrected chi connectivity index (χ3v) is 4.74. The van der Waals surface area contributed by atoms with E-state index in [9.17, 15) is 9.90 Å². The molecule has 2 N–H and O–H groups in total. The minimum atomic E-state index is -0.757. The average molecular weight is 351 g/mol. The summed E-state index contributed by atoms with van der Waals surface area (Å²) in [4.78, 5) is 12.5. The van der Waals surface area contributed by atoms with Gasteiger partial charge in [-0.2, -0.15) is 0 Å².